The molecular formula is C15H13N3O6S. The summed E-state index contributed by atoms with van der Waals surface area (Å²) in [6.45, 7) is 0.220. The quantitative estimate of drug-likeness (QED) is 0.342. The highest BCUT2D eigenvalue weighted by molar-refractivity contribution is 8.00. The molecule has 4 rings (SSSR count). The zero-order chi connectivity index (χ0) is 17.6. The van der Waals surface area contributed by atoms with E-state index in [4.69, 9.17) is 9.15 Å². The molecule has 1 saturated heterocycles. The summed E-state index contributed by atoms with van der Waals surface area (Å²) < 4.78 is 10.1. The molecule has 2 amide bonds. The first kappa shape index (κ1) is 15.8. The summed E-state index contributed by atoms with van der Waals surface area (Å²) in [4.78, 5) is 42.8. The fourth-order valence-electron chi connectivity index (χ4n) is 2.92. The van der Waals surface area contributed by atoms with Gasteiger partial charge in [0.15, 0.2) is 5.76 Å². The van der Waals surface area contributed by atoms with Crippen molar-refractivity contribution in [2.75, 3.05) is 19.5 Å². The molecule has 1 N–H and O–H groups in total. The van der Waals surface area contributed by atoms with Crippen LogP contribution in [0.25, 0.3) is 0 Å². The van der Waals surface area contributed by atoms with Crippen LogP contribution in [0, 0.1) is 0 Å². The number of esters is 1. The lowest BCUT2D eigenvalue weighted by Crippen LogP contribution is -2.70. The molecule has 25 heavy (non-hydrogen) atoms. The molecule has 0 saturated carbocycles. The highest BCUT2D eigenvalue weighted by atomic mass is 32.2. The SMILES string of the molecule is CO/N=C(\C(=O)N[C@H]1C(=O)N2C3=C(COC3=O)CS[C@H]12)c1ccco1. The van der Waals surface area contributed by atoms with Crippen LogP contribution in [0.4, 0.5) is 0 Å². The van der Waals surface area contributed by atoms with Crippen molar-refractivity contribution in [3.05, 3.63) is 35.4 Å². The average Bonchev–Trinajstić information content (AvgIpc) is 3.26. The number of furan rings is 1. The third-order valence-electron chi connectivity index (χ3n) is 4.06. The Hall–Kier alpha value is -2.75. The van der Waals surface area contributed by atoms with E-state index in [1.54, 1.807) is 12.1 Å². The Bertz CT molecular complexity index is 815. The minimum atomic E-state index is -0.753. The van der Waals surface area contributed by atoms with Gasteiger partial charge in [0.25, 0.3) is 11.8 Å². The van der Waals surface area contributed by atoms with E-state index in [1.807, 2.05) is 0 Å². The van der Waals surface area contributed by atoms with Gasteiger partial charge in [-0.1, -0.05) is 5.16 Å². The van der Waals surface area contributed by atoms with E-state index >= 15 is 0 Å². The van der Waals surface area contributed by atoms with E-state index in [-0.39, 0.29) is 29.4 Å². The van der Waals surface area contributed by atoms with Gasteiger partial charge >= 0.3 is 5.97 Å². The largest absolute Gasteiger partial charge is 0.462 e. The minimum Gasteiger partial charge on any atom is -0.462 e. The number of rotatable bonds is 4. The monoisotopic (exact) mass is 363 g/mol. The smallest absolute Gasteiger partial charge is 0.355 e. The molecule has 130 valence electrons. The zero-order valence-electron chi connectivity index (χ0n) is 13.1. The van der Waals surface area contributed by atoms with Crippen molar-refractivity contribution in [1.82, 2.24) is 10.2 Å². The van der Waals surface area contributed by atoms with Gasteiger partial charge < -0.3 is 19.3 Å². The highest BCUT2D eigenvalue weighted by Gasteiger charge is 2.55. The number of thioether (sulfide) groups is 1. The first-order valence-corrected chi connectivity index (χ1v) is 8.46. The lowest BCUT2D eigenvalue weighted by Gasteiger charge is -2.48. The molecule has 0 unspecified atom stereocenters. The standard InChI is InChI=1S/C15H13N3O6S/c1-22-17-9(8-3-2-4-23-8)12(19)16-10-13(20)18-11-7(5-24-15(11)21)6-25-14(10)18/h2-4,10,14H,5-6H2,1H3,(H,16,19)/b17-9-/t10-,14+/m0/s1. The van der Waals surface area contributed by atoms with Crippen molar-refractivity contribution >= 4 is 35.3 Å². The predicted molar refractivity (Wildman–Crippen MR) is 85.3 cm³/mol. The lowest BCUT2D eigenvalue weighted by atomic mass is 10.0. The van der Waals surface area contributed by atoms with Crippen LogP contribution in [-0.4, -0.2) is 59.3 Å². The van der Waals surface area contributed by atoms with Gasteiger partial charge in [0, 0.05) is 11.3 Å². The number of carbonyl (C=O) groups is 3. The van der Waals surface area contributed by atoms with E-state index in [0.29, 0.717) is 11.4 Å². The molecule has 0 aromatic carbocycles. The normalized spacial score (nSPS) is 25.2. The van der Waals surface area contributed by atoms with Crippen molar-refractivity contribution in [2.24, 2.45) is 5.16 Å². The summed E-state index contributed by atoms with van der Waals surface area (Å²) >= 11 is 1.47. The average molecular weight is 363 g/mol. The molecule has 0 spiro atoms. The summed E-state index contributed by atoms with van der Waals surface area (Å²) in [5.74, 6) is -0.629. The molecule has 1 fully saturated rings. The molecule has 10 heteroatoms. The van der Waals surface area contributed by atoms with E-state index in [0.717, 1.165) is 5.57 Å². The zero-order valence-corrected chi connectivity index (χ0v) is 13.9. The molecule has 3 aliphatic rings. The van der Waals surface area contributed by atoms with Gasteiger partial charge in [0.1, 0.15) is 30.8 Å². The van der Waals surface area contributed by atoms with Gasteiger partial charge in [0.05, 0.1) is 6.26 Å². The van der Waals surface area contributed by atoms with Gasteiger partial charge in [-0.3, -0.25) is 14.5 Å². The number of hydrogen-bond donors (Lipinski definition) is 1. The second kappa shape index (κ2) is 5.96. The second-order valence-electron chi connectivity index (χ2n) is 5.49. The maximum absolute atomic E-state index is 12.5. The molecule has 1 aromatic heterocycles. The molecule has 0 aliphatic carbocycles. The summed E-state index contributed by atoms with van der Waals surface area (Å²) in [5, 5.41) is 5.96. The maximum atomic E-state index is 12.5. The summed E-state index contributed by atoms with van der Waals surface area (Å²) in [7, 11) is 1.31. The Morgan fingerprint density at radius 2 is 2.32 bits per heavy atom. The van der Waals surface area contributed by atoms with Crippen LogP contribution in [0.2, 0.25) is 0 Å². The van der Waals surface area contributed by atoms with Crippen molar-refractivity contribution in [2.45, 2.75) is 11.4 Å². The van der Waals surface area contributed by atoms with Crippen LogP contribution in [0.1, 0.15) is 5.76 Å². The van der Waals surface area contributed by atoms with Crippen LogP contribution in [0.15, 0.2) is 39.2 Å². The van der Waals surface area contributed by atoms with E-state index < -0.39 is 17.9 Å². The van der Waals surface area contributed by atoms with Gasteiger partial charge in [0.2, 0.25) is 5.71 Å². The Morgan fingerprint density at radius 1 is 1.48 bits per heavy atom. The Balaban J connectivity index is 1.51. The van der Waals surface area contributed by atoms with Crippen molar-refractivity contribution in [3.8, 4) is 0 Å². The van der Waals surface area contributed by atoms with Crippen LogP contribution < -0.4 is 5.32 Å². The molecule has 4 heterocycles. The maximum Gasteiger partial charge on any atom is 0.355 e. The van der Waals surface area contributed by atoms with Crippen molar-refractivity contribution in [1.29, 1.82) is 0 Å². The molecule has 9 nitrogen and oxygen atoms in total. The fourth-order valence-corrected chi connectivity index (χ4v) is 4.24. The summed E-state index contributed by atoms with van der Waals surface area (Å²) in [6, 6.07) is 2.42. The summed E-state index contributed by atoms with van der Waals surface area (Å²) in [6.07, 6.45) is 1.40. The number of oxime groups is 1. The van der Waals surface area contributed by atoms with E-state index in [2.05, 4.69) is 15.3 Å². The number of amides is 2. The molecule has 0 bridgehead atoms. The number of cyclic esters (lactones) is 1. The lowest BCUT2D eigenvalue weighted by molar-refractivity contribution is -0.150. The van der Waals surface area contributed by atoms with E-state index in [9.17, 15) is 14.4 Å². The highest BCUT2D eigenvalue weighted by Crippen LogP contribution is 2.42. The number of hydrogen-bond acceptors (Lipinski definition) is 8. The van der Waals surface area contributed by atoms with Gasteiger partial charge in [-0.2, -0.15) is 0 Å². The summed E-state index contributed by atoms with van der Waals surface area (Å²) in [5.41, 5.74) is 1.05. The third kappa shape index (κ3) is 2.40. The Labute approximate surface area is 146 Å². The molecule has 1 aromatic rings. The van der Waals surface area contributed by atoms with Gasteiger partial charge in [-0.25, -0.2) is 4.79 Å². The second-order valence-corrected chi connectivity index (χ2v) is 6.59. The molecular weight excluding hydrogens is 350 g/mol. The predicted octanol–water partition coefficient (Wildman–Crippen LogP) is -0.159. The molecule has 0 radical (unpaired) electrons. The van der Waals surface area contributed by atoms with Crippen LogP contribution in [0.5, 0.6) is 0 Å². The van der Waals surface area contributed by atoms with Crippen molar-refractivity contribution in [3.63, 3.8) is 0 Å². The molecule has 3 aliphatic heterocycles. The minimum absolute atomic E-state index is 0.0697. The van der Waals surface area contributed by atoms with Crippen LogP contribution in [-0.2, 0) is 24.0 Å². The molecule has 2 atom stereocenters. The first-order valence-electron chi connectivity index (χ1n) is 7.41. The number of nitrogens with one attached hydrogen (secondary N) is 1. The topological polar surface area (TPSA) is 110 Å². The number of fused-ring (bicyclic) bond motifs is 2. The first-order chi connectivity index (χ1) is 12.1. The van der Waals surface area contributed by atoms with Gasteiger partial charge in [-0.15, -0.1) is 11.8 Å². The number of β-lactam (4-membered cyclic amide) rings is 1. The van der Waals surface area contributed by atoms with Crippen LogP contribution in [0.3, 0.4) is 0 Å². The number of carbonyl (C=O) groups excluding carboxylic acids is 3. The third-order valence-corrected chi connectivity index (χ3v) is 5.40. The van der Waals surface area contributed by atoms with Crippen LogP contribution >= 0.6 is 11.8 Å². The fraction of sp³-hybridized carbons (Fsp3) is 0.333. The van der Waals surface area contributed by atoms with Gasteiger partial charge in [-0.05, 0) is 12.1 Å². The Morgan fingerprint density at radius 3 is 3.04 bits per heavy atom. The Kier molecular flexibility index (Phi) is 3.75. The van der Waals surface area contributed by atoms with Crippen molar-refractivity contribution < 1.29 is 28.4 Å². The van der Waals surface area contributed by atoms with E-state index in [1.165, 1.54) is 30.0 Å². The number of ether oxygens (including phenoxy) is 1. The number of nitrogens with zero attached hydrogens (tertiary/aromatic N) is 2.